The smallest absolute Gasteiger partial charge is 0.243 e. The first-order chi connectivity index (χ1) is 16.4. The molecule has 34 heavy (non-hydrogen) atoms. The van der Waals surface area contributed by atoms with E-state index in [1.54, 1.807) is 12.1 Å². The second-order valence-electron chi connectivity index (χ2n) is 8.24. The van der Waals surface area contributed by atoms with Crippen molar-refractivity contribution in [2.75, 3.05) is 20.2 Å². The summed E-state index contributed by atoms with van der Waals surface area (Å²) in [7, 11) is -2.34. The molecule has 0 heterocycles. The first kappa shape index (κ1) is 25.5. The average molecular weight is 481 g/mol. The Hall–Kier alpha value is -3.16. The lowest BCUT2D eigenvalue weighted by Gasteiger charge is -2.23. The quantitative estimate of drug-likeness (QED) is 0.424. The maximum absolute atomic E-state index is 13.4. The molecule has 0 bridgehead atoms. The zero-order valence-corrected chi connectivity index (χ0v) is 20.5. The molecule has 0 saturated carbocycles. The highest BCUT2D eigenvalue weighted by Crippen LogP contribution is 2.20. The molecule has 180 valence electrons. The first-order valence-corrected chi connectivity index (χ1v) is 12.8. The predicted octanol–water partition coefficient (Wildman–Crippen LogP) is 4.07. The lowest BCUT2D eigenvalue weighted by molar-refractivity contribution is -0.121. The van der Waals surface area contributed by atoms with Crippen LogP contribution in [-0.4, -0.2) is 44.9 Å². The molecule has 1 amide bonds. The summed E-state index contributed by atoms with van der Waals surface area (Å²) in [4.78, 5) is 13.0. The maximum Gasteiger partial charge on any atom is 0.243 e. The van der Waals surface area contributed by atoms with Crippen molar-refractivity contribution in [3.8, 4) is 5.75 Å². The van der Waals surface area contributed by atoms with Gasteiger partial charge in [0.2, 0.25) is 15.9 Å². The summed E-state index contributed by atoms with van der Waals surface area (Å²) in [6, 6.07) is 25.9. The van der Waals surface area contributed by atoms with Crippen molar-refractivity contribution < 1.29 is 17.9 Å². The van der Waals surface area contributed by atoms with Crippen LogP contribution >= 0.6 is 0 Å². The Morgan fingerprint density at radius 2 is 1.44 bits per heavy atom. The van der Waals surface area contributed by atoms with E-state index in [2.05, 4.69) is 17.4 Å². The molecular weight excluding hydrogens is 448 g/mol. The van der Waals surface area contributed by atoms with Crippen LogP contribution in [0.4, 0.5) is 0 Å². The van der Waals surface area contributed by atoms with Crippen LogP contribution in [0.5, 0.6) is 5.75 Å². The van der Waals surface area contributed by atoms with Crippen molar-refractivity contribution in [3.05, 3.63) is 96.1 Å². The van der Waals surface area contributed by atoms with Crippen LogP contribution in [0, 0.1) is 0 Å². The third-order valence-corrected chi connectivity index (χ3v) is 7.49. The molecule has 0 aromatic heterocycles. The van der Waals surface area contributed by atoms with Gasteiger partial charge in [0.1, 0.15) is 5.75 Å². The van der Waals surface area contributed by atoms with Crippen LogP contribution in [0.25, 0.3) is 0 Å². The van der Waals surface area contributed by atoms with Gasteiger partial charge in [-0.3, -0.25) is 4.79 Å². The van der Waals surface area contributed by atoms with Gasteiger partial charge in [-0.15, -0.1) is 0 Å². The molecule has 1 N–H and O–H groups in total. The molecule has 0 aliphatic carbocycles. The predicted molar refractivity (Wildman–Crippen MR) is 134 cm³/mol. The molecule has 3 rings (SSSR count). The van der Waals surface area contributed by atoms with Crippen LogP contribution < -0.4 is 10.1 Å². The Kier molecular flexibility index (Phi) is 9.24. The number of carbonyl (C=O) groups is 1. The number of methoxy groups -OCH3 is 1. The molecule has 0 spiro atoms. The standard InChI is InChI=1S/C27H32N2O4S/c1-22(13-14-23-9-5-3-6-10-23)28-27(30)21-29(20-19-24-11-7-4-8-12-24)34(31,32)26-17-15-25(33-2)16-18-26/h3-12,15-18,22H,13-14,19-21H2,1-2H3,(H,28,30)/t22-/m1/s1. The van der Waals surface area contributed by atoms with Gasteiger partial charge >= 0.3 is 0 Å². The summed E-state index contributed by atoms with van der Waals surface area (Å²) in [5.41, 5.74) is 2.21. The zero-order valence-electron chi connectivity index (χ0n) is 19.7. The number of amides is 1. The Bertz CT molecular complexity index is 1130. The number of nitrogens with one attached hydrogen (secondary N) is 1. The molecule has 0 aliphatic rings. The van der Waals surface area contributed by atoms with Crippen LogP contribution in [0.1, 0.15) is 24.5 Å². The van der Waals surface area contributed by atoms with Gasteiger partial charge in [0.15, 0.2) is 0 Å². The Labute approximate surface area is 202 Å². The molecule has 1 atom stereocenters. The monoisotopic (exact) mass is 480 g/mol. The van der Waals surface area contributed by atoms with E-state index >= 15 is 0 Å². The van der Waals surface area contributed by atoms with E-state index in [-0.39, 0.29) is 29.9 Å². The lowest BCUT2D eigenvalue weighted by atomic mass is 10.1. The number of rotatable bonds is 12. The first-order valence-electron chi connectivity index (χ1n) is 11.4. The van der Waals surface area contributed by atoms with Crippen LogP contribution in [0.3, 0.4) is 0 Å². The van der Waals surface area contributed by atoms with Crippen LogP contribution in [0.2, 0.25) is 0 Å². The minimum absolute atomic E-state index is 0.0765. The lowest BCUT2D eigenvalue weighted by Crippen LogP contribution is -2.44. The summed E-state index contributed by atoms with van der Waals surface area (Å²) in [6.45, 7) is 1.90. The maximum atomic E-state index is 13.4. The van der Waals surface area contributed by atoms with Crippen molar-refractivity contribution in [1.29, 1.82) is 0 Å². The van der Waals surface area contributed by atoms with Gasteiger partial charge in [-0.05, 0) is 61.6 Å². The molecule has 7 heteroatoms. The van der Waals surface area contributed by atoms with Crippen molar-refractivity contribution in [3.63, 3.8) is 0 Å². The number of carbonyl (C=O) groups excluding carboxylic acids is 1. The number of hydrogen-bond donors (Lipinski definition) is 1. The molecule has 0 fully saturated rings. The number of ether oxygens (including phenoxy) is 1. The average Bonchev–Trinajstić information content (AvgIpc) is 2.86. The van der Waals surface area contributed by atoms with E-state index in [1.807, 2.05) is 55.5 Å². The minimum atomic E-state index is -3.87. The highest BCUT2D eigenvalue weighted by molar-refractivity contribution is 7.89. The number of benzene rings is 3. The van der Waals surface area contributed by atoms with Crippen molar-refractivity contribution >= 4 is 15.9 Å². The van der Waals surface area contributed by atoms with Gasteiger partial charge in [-0.1, -0.05) is 60.7 Å². The van der Waals surface area contributed by atoms with Crippen molar-refractivity contribution in [1.82, 2.24) is 9.62 Å². The van der Waals surface area contributed by atoms with Crippen molar-refractivity contribution in [2.24, 2.45) is 0 Å². The highest BCUT2D eigenvalue weighted by atomic mass is 32.2. The molecule has 0 radical (unpaired) electrons. The van der Waals surface area contributed by atoms with Crippen LogP contribution in [-0.2, 0) is 27.7 Å². The molecule has 3 aromatic carbocycles. The van der Waals surface area contributed by atoms with Gasteiger partial charge in [0.25, 0.3) is 0 Å². The van der Waals surface area contributed by atoms with E-state index < -0.39 is 10.0 Å². The molecule has 0 saturated heterocycles. The topological polar surface area (TPSA) is 75.7 Å². The van der Waals surface area contributed by atoms with E-state index in [0.29, 0.717) is 12.2 Å². The summed E-state index contributed by atoms with van der Waals surface area (Å²) >= 11 is 0. The van der Waals surface area contributed by atoms with Gasteiger partial charge in [0, 0.05) is 12.6 Å². The molecule has 0 aliphatic heterocycles. The fourth-order valence-electron chi connectivity index (χ4n) is 3.66. The summed E-state index contributed by atoms with van der Waals surface area (Å²) < 4.78 is 33.2. The fraction of sp³-hybridized carbons (Fsp3) is 0.296. The normalized spacial score (nSPS) is 12.3. The van der Waals surface area contributed by atoms with Gasteiger partial charge < -0.3 is 10.1 Å². The van der Waals surface area contributed by atoms with Gasteiger partial charge in [-0.25, -0.2) is 8.42 Å². The van der Waals surface area contributed by atoms with E-state index in [4.69, 9.17) is 4.74 Å². The van der Waals surface area contributed by atoms with Gasteiger partial charge in [0.05, 0.1) is 18.6 Å². The highest BCUT2D eigenvalue weighted by Gasteiger charge is 2.27. The minimum Gasteiger partial charge on any atom is -0.497 e. The third-order valence-electron chi connectivity index (χ3n) is 5.63. The van der Waals surface area contributed by atoms with Crippen LogP contribution in [0.15, 0.2) is 89.8 Å². The SMILES string of the molecule is COc1ccc(S(=O)(=O)N(CCc2ccccc2)CC(=O)N[C@H](C)CCc2ccccc2)cc1. The number of hydrogen-bond acceptors (Lipinski definition) is 4. The Balaban J connectivity index is 1.68. The van der Waals surface area contributed by atoms with Gasteiger partial charge in [-0.2, -0.15) is 4.31 Å². The largest absolute Gasteiger partial charge is 0.497 e. The number of sulfonamides is 1. The fourth-order valence-corrected chi connectivity index (χ4v) is 5.06. The Morgan fingerprint density at radius 3 is 2.00 bits per heavy atom. The molecule has 3 aromatic rings. The zero-order chi connectivity index (χ0) is 24.4. The number of aryl methyl sites for hydroxylation is 1. The van der Waals surface area contributed by atoms with E-state index in [1.165, 1.54) is 29.1 Å². The second kappa shape index (κ2) is 12.3. The summed E-state index contributed by atoms with van der Waals surface area (Å²) in [6.07, 6.45) is 2.11. The summed E-state index contributed by atoms with van der Waals surface area (Å²) in [5, 5.41) is 2.96. The molecule has 0 unspecified atom stereocenters. The molecule has 6 nitrogen and oxygen atoms in total. The van der Waals surface area contributed by atoms with E-state index in [9.17, 15) is 13.2 Å². The summed E-state index contributed by atoms with van der Waals surface area (Å²) in [5.74, 6) is 0.255. The number of nitrogens with zero attached hydrogens (tertiary/aromatic N) is 1. The van der Waals surface area contributed by atoms with Crippen molar-refractivity contribution in [2.45, 2.75) is 37.1 Å². The molecular formula is C27H32N2O4S. The third kappa shape index (κ3) is 7.43. The van der Waals surface area contributed by atoms with E-state index in [0.717, 1.165) is 18.4 Å². The Morgan fingerprint density at radius 1 is 0.882 bits per heavy atom. The second-order valence-corrected chi connectivity index (χ2v) is 10.2.